The van der Waals surface area contributed by atoms with Crippen molar-refractivity contribution in [3.05, 3.63) is 90.0 Å². The monoisotopic (exact) mass is 516 g/mol. The van der Waals surface area contributed by atoms with Crippen LogP contribution in [0.25, 0.3) is 10.6 Å². The summed E-state index contributed by atoms with van der Waals surface area (Å²) in [5.74, 6) is 0.732. The lowest BCUT2D eigenvalue weighted by molar-refractivity contribution is -0.116. The minimum absolute atomic E-state index is 0.0894. The molecule has 0 aliphatic carbocycles. The van der Waals surface area contributed by atoms with Crippen LogP contribution in [0.5, 0.6) is 11.5 Å². The number of amides is 2. The van der Waals surface area contributed by atoms with Crippen LogP contribution in [0.2, 0.25) is 0 Å². The number of anilines is 1. The molecular weight excluding hydrogens is 488 g/mol. The molecule has 0 spiro atoms. The smallest absolute Gasteiger partial charge is 0.258 e. The molecule has 0 aliphatic rings. The Kier molecular flexibility index (Phi) is 8.48. The predicted octanol–water partition coefficient (Wildman–Crippen LogP) is 5.45. The SMILES string of the molecule is COc1cccc(-c2nnc(NC(=O)CCN(C(=O)c3ccccc3OC)C(C)c3ccccc3)s2)c1. The highest BCUT2D eigenvalue weighted by Crippen LogP contribution is 2.29. The minimum Gasteiger partial charge on any atom is -0.497 e. The number of nitrogens with zero attached hydrogens (tertiary/aromatic N) is 3. The van der Waals surface area contributed by atoms with E-state index in [9.17, 15) is 9.59 Å². The summed E-state index contributed by atoms with van der Waals surface area (Å²) < 4.78 is 10.7. The van der Waals surface area contributed by atoms with Crippen molar-refractivity contribution in [2.75, 3.05) is 26.1 Å². The minimum atomic E-state index is -0.258. The van der Waals surface area contributed by atoms with Gasteiger partial charge in [-0.3, -0.25) is 9.59 Å². The van der Waals surface area contributed by atoms with Gasteiger partial charge in [-0.05, 0) is 36.8 Å². The molecule has 2 amide bonds. The normalized spacial score (nSPS) is 11.4. The maximum atomic E-state index is 13.6. The third-order valence-corrected chi connectivity index (χ3v) is 6.80. The van der Waals surface area contributed by atoms with Gasteiger partial charge in [-0.15, -0.1) is 10.2 Å². The topological polar surface area (TPSA) is 93.7 Å². The summed E-state index contributed by atoms with van der Waals surface area (Å²) in [6, 6.07) is 24.0. The number of nitrogens with one attached hydrogen (secondary N) is 1. The Morgan fingerprint density at radius 2 is 1.70 bits per heavy atom. The maximum absolute atomic E-state index is 13.6. The lowest BCUT2D eigenvalue weighted by Gasteiger charge is -2.30. The van der Waals surface area contributed by atoms with E-state index in [0.29, 0.717) is 27.2 Å². The van der Waals surface area contributed by atoms with Gasteiger partial charge in [0.15, 0.2) is 0 Å². The molecule has 190 valence electrons. The Bertz CT molecular complexity index is 1360. The molecule has 8 nitrogen and oxygen atoms in total. The predicted molar refractivity (Wildman–Crippen MR) is 144 cm³/mol. The third kappa shape index (κ3) is 6.31. The van der Waals surface area contributed by atoms with Crippen molar-refractivity contribution < 1.29 is 19.1 Å². The van der Waals surface area contributed by atoms with E-state index >= 15 is 0 Å². The number of rotatable bonds is 10. The highest BCUT2D eigenvalue weighted by atomic mass is 32.1. The second-order valence-electron chi connectivity index (χ2n) is 8.23. The Morgan fingerprint density at radius 1 is 0.946 bits per heavy atom. The molecule has 1 atom stereocenters. The molecule has 1 aromatic heterocycles. The highest BCUT2D eigenvalue weighted by Gasteiger charge is 2.26. The van der Waals surface area contributed by atoms with Crippen molar-refractivity contribution in [2.24, 2.45) is 0 Å². The average molecular weight is 517 g/mol. The van der Waals surface area contributed by atoms with Crippen LogP contribution in [0.1, 0.15) is 35.3 Å². The molecular formula is C28H28N4O4S. The van der Waals surface area contributed by atoms with Gasteiger partial charge < -0.3 is 19.7 Å². The standard InChI is InChI=1S/C28H28N4O4S/c1-19(20-10-5-4-6-11-20)32(27(34)23-14-7-8-15-24(23)36-3)17-16-25(33)29-28-31-30-26(37-28)21-12-9-13-22(18-21)35-2/h4-15,18-19H,16-17H2,1-3H3,(H,29,31,33). The van der Waals surface area contributed by atoms with Gasteiger partial charge in [0.1, 0.15) is 16.5 Å². The van der Waals surface area contributed by atoms with Gasteiger partial charge in [0.05, 0.1) is 25.8 Å². The number of aromatic nitrogens is 2. The average Bonchev–Trinajstić information content (AvgIpc) is 3.41. The van der Waals surface area contributed by atoms with Crippen LogP contribution in [0.15, 0.2) is 78.9 Å². The molecule has 9 heteroatoms. The van der Waals surface area contributed by atoms with Crippen molar-refractivity contribution in [2.45, 2.75) is 19.4 Å². The molecule has 4 rings (SSSR count). The molecule has 1 unspecified atom stereocenters. The highest BCUT2D eigenvalue weighted by molar-refractivity contribution is 7.18. The van der Waals surface area contributed by atoms with Crippen molar-refractivity contribution in [1.29, 1.82) is 0 Å². The second-order valence-corrected chi connectivity index (χ2v) is 9.21. The Labute approximate surface area is 219 Å². The van der Waals surface area contributed by atoms with Gasteiger partial charge in [0, 0.05) is 18.5 Å². The lowest BCUT2D eigenvalue weighted by Crippen LogP contribution is -2.36. The number of hydrogen-bond acceptors (Lipinski definition) is 7. The fourth-order valence-corrected chi connectivity index (χ4v) is 4.67. The Balaban J connectivity index is 1.48. The van der Waals surface area contributed by atoms with Crippen LogP contribution in [0.4, 0.5) is 5.13 Å². The summed E-state index contributed by atoms with van der Waals surface area (Å²) in [5.41, 5.74) is 2.26. The van der Waals surface area contributed by atoms with E-state index in [2.05, 4.69) is 15.5 Å². The summed E-state index contributed by atoms with van der Waals surface area (Å²) in [4.78, 5) is 28.1. The number of para-hydroxylation sites is 1. The van der Waals surface area contributed by atoms with Crippen LogP contribution >= 0.6 is 11.3 Å². The molecule has 3 aromatic carbocycles. The van der Waals surface area contributed by atoms with E-state index < -0.39 is 0 Å². The summed E-state index contributed by atoms with van der Waals surface area (Å²) in [6.07, 6.45) is 0.0894. The van der Waals surface area contributed by atoms with Gasteiger partial charge in [-0.1, -0.05) is 65.9 Å². The molecule has 1 heterocycles. The molecule has 0 aliphatic heterocycles. The molecule has 0 saturated carbocycles. The zero-order chi connectivity index (χ0) is 26.2. The first-order chi connectivity index (χ1) is 18.0. The van der Waals surface area contributed by atoms with Gasteiger partial charge in [-0.2, -0.15) is 0 Å². The summed E-state index contributed by atoms with van der Waals surface area (Å²) >= 11 is 1.27. The van der Waals surface area contributed by atoms with Crippen LogP contribution in [-0.2, 0) is 4.79 Å². The van der Waals surface area contributed by atoms with Crippen molar-refractivity contribution in [1.82, 2.24) is 15.1 Å². The fourth-order valence-electron chi connectivity index (χ4n) is 3.91. The van der Waals surface area contributed by atoms with Crippen LogP contribution in [0, 0.1) is 0 Å². The molecule has 0 bridgehead atoms. The fraction of sp³-hybridized carbons (Fsp3) is 0.214. The van der Waals surface area contributed by atoms with E-state index in [1.165, 1.54) is 18.4 Å². The van der Waals surface area contributed by atoms with Gasteiger partial charge in [0.2, 0.25) is 11.0 Å². The maximum Gasteiger partial charge on any atom is 0.258 e. The van der Waals surface area contributed by atoms with E-state index in [4.69, 9.17) is 9.47 Å². The molecule has 0 fully saturated rings. The first kappa shape index (κ1) is 25.8. The van der Waals surface area contributed by atoms with E-state index in [1.54, 1.807) is 30.2 Å². The van der Waals surface area contributed by atoms with Crippen molar-refractivity contribution in [3.8, 4) is 22.1 Å². The summed E-state index contributed by atoms with van der Waals surface area (Å²) in [7, 11) is 3.14. The van der Waals surface area contributed by atoms with Gasteiger partial charge >= 0.3 is 0 Å². The molecule has 0 saturated heterocycles. The van der Waals surface area contributed by atoms with Crippen LogP contribution in [0.3, 0.4) is 0 Å². The number of carbonyl (C=O) groups is 2. The quantitative estimate of drug-likeness (QED) is 0.301. The Morgan fingerprint density at radius 3 is 2.46 bits per heavy atom. The lowest BCUT2D eigenvalue weighted by atomic mass is 10.0. The van der Waals surface area contributed by atoms with Gasteiger partial charge in [-0.25, -0.2) is 0 Å². The molecule has 1 N–H and O–H groups in total. The van der Waals surface area contributed by atoms with E-state index in [0.717, 1.165) is 11.1 Å². The van der Waals surface area contributed by atoms with Crippen LogP contribution in [-0.4, -0.2) is 47.7 Å². The largest absolute Gasteiger partial charge is 0.497 e. The first-order valence-corrected chi connectivity index (χ1v) is 12.6. The van der Waals surface area contributed by atoms with E-state index in [-0.39, 0.29) is 30.8 Å². The summed E-state index contributed by atoms with van der Waals surface area (Å²) in [5, 5.41) is 12.2. The number of benzene rings is 3. The van der Waals surface area contributed by atoms with E-state index in [1.807, 2.05) is 67.6 Å². The third-order valence-electron chi connectivity index (χ3n) is 5.92. The summed E-state index contributed by atoms with van der Waals surface area (Å²) in [6.45, 7) is 2.16. The number of methoxy groups -OCH3 is 2. The van der Waals surface area contributed by atoms with Crippen molar-refractivity contribution >= 4 is 28.3 Å². The number of hydrogen-bond donors (Lipinski definition) is 1. The number of ether oxygens (including phenoxy) is 2. The van der Waals surface area contributed by atoms with Crippen LogP contribution < -0.4 is 14.8 Å². The zero-order valence-corrected chi connectivity index (χ0v) is 21.7. The zero-order valence-electron chi connectivity index (χ0n) is 20.9. The molecule has 4 aromatic rings. The number of carbonyl (C=O) groups excluding carboxylic acids is 2. The van der Waals surface area contributed by atoms with Crippen molar-refractivity contribution in [3.63, 3.8) is 0 Å². The molecule has 0 radical (unpaired) electrons. The van der Waals surface area contributed by atoms with Gasteiger partial charge in [0.25, 0.3) is 5.91 Å². The first-order valence-electron chi connectivity index (χ1n) is 11.8. The molecule has 37 heavy (non-hydrogen) atoms. The Hall–Kier alpha value is -4.24. The second kappa shape index (κ2) is 12.1.